The Morgan fingerprint density at radius 1 is 1.44 bits per heavy atom. The molecule has 0 aliphatic heterocycles. The number of rotatable bonds is 7. The standard InChI is InChI=1S/C14H27N3O/c1-11(2)8-15-9-14(4,5)10-18-13-7-12(3)16-17(13)6/h7,11,15H,8-10H2,1-6H3. The van der Waals surface area contributed by atoms with Gasteiger partial charge in [-0.3, -0.25) is 0 Å². The van der Waals surface area contributed by atoms with Gasteiger partial charge in [0.15, 0.2) is 0 Å². The molecule has 1 N–H and O–H groups in total. The lowest BCUT2D eigenvalue weighted by atomic mass is 9.94. The van der Waals surface area contributed by atoms with E-state index in [1.807, 2.05) is 20.0 Å². The SMILES string of the molecule is Cc1cc(OCC(C)(C)CNCC(C)C)n(C)n1. The highest BCUT2D eigenvalue weighted by Gasteiger charge is 2.19. The quantitative estimate of drug-likeness (QED) is 0.811. The Kier molecular flexibility index (Phi) is 5.20. The van der Waals surface area contributed by atoms with Crippen molar-refractivity contribution >= 4 is 0 Å². The zero-order valence-corrected chi connectivity index (χ0v) is 12.6. The molecule has 0 atom stereocenters. The van der Waals surface area contributed by atoms with Gasteiger partial charge in [-0.1, -0.05) is 27.7 Å². The molecule has 4 heteroatoms. The average Bonchev–Trinajstić information content (AvgIpc) is 2.53. The number of hydrogen-bond acceptors (Lipinski definition) is 3. The molecule has 0 amide bonds. The van der Waals surface area contributed by atoms with Crippen LogP contribution in [0.2, 0.25) is 0 Å². The number of hydrogen-bond donors (Lipinski definition) is 1. The van der Waals surface area contributed by atoms with Gasteiger partial charge >= 0.3 is 0 Å². The maximum Gasteiger partial charge on any atom is 0.211 e. The maximum absolute atomic E-state index is 5.84. The smallest absolute Gasteiger partial charge is 0.211 e. The zero-order valence-electron chi connectivity index (χ0n) is 12.6. The third-order valence-electron chi connectivity index (χ3n) is 2.73. The van der Waals surface area contributed by atoms with Gasteiger partial charge in [0, 0.05) is 25.1 Å². The number of nitrogens with one attached hydrogen (secondary N) is 1. The Balaban J connectivity index is 2.39. The normalized spacial score (nSPS) is 12.2. The van der Waals surface area contributed by atoms with Crippen molar-refractivity contribution in [2.75, 3.05) is 19.7 Å². The lowest BCUT2D eigenvalue weighted by Gasteiger charge is -2.25. The van der Waals surface area contributed by atoms with Crippen LogP contribution >= 0.6 is 0 Å². The van der Waals surface area contributed by atoms with Crippen molar-refractivity contribution in [2.45, 2.75) is 34.6 Å². The highest BCUT2D eigenvalue weighted by molar-refractivity contribution is 5.14. The molecule has 0 aliphatic carbocycles. The predicted molar refractivity (Wildman–Crippen MR) is 74.9 cm³/mol. The summed E-state index contributed by atoms with van der Waals surface area (Å²) in [5.74, 6) is 1.52. The summed E-state index contributed by atoms with van der Waals surface area (Å²) < 4.78 is 7.63. The van der Waals surface area contributed by atoms with Crippen molar-refractivity contribution in [2.24, 2.45) is 18.4 Å². The second-order valence-electron chi connectivity index (χ2n) is 6.23. The molecule has 1 aromatic rings. The fourth-order valence-electron chi connectivity index (χ4n) is 1.74. The summed E-state index contributed by atoms with van der Waals surface area (Å²) in [6, 6.07) is 1.97. The highest BCUT2D eigenvalue weighted by atomic mass is 16.5. The van der Waals surface area contributed by atoms with Gasteiger partial charge in [-0.2, -0.15) is 5.10 Å². The minimum absolute atomic E-state index is 0.118. The third kappa shape index (κ3) is 5.08. The van der Waals surface area contributed by atoms with Crippen LogP contribution in [0.15, 0.2) is 6.07 Å². The lowest BCUT2D eigenvalue weighted by Crippen LogP contribution is -2.36. The molecule has 1 rings (SSSR count). The first-order valence-electron chi connectivity index (χ1n) is 6.64. The molecule has 18 heavy (non-hydrogen) atoms. The monoisotopic (exact) mass is 253 g/mol. The van der Waals surface area contributed by atoms with E-state index in [4.69, 9.17) is 4.74 Å². The molecule has 0 saturated heterocycles. The molecule has 0 bridgehead atoms. The Labute approximate surface area is 111 Å². The summed E-state index contributed by atoms with van der Waals surface area (Å²) in [6.45, 7) is 13.5. The average molecular weight is 253 g/mol. The molecule has 0 spiro atoms. The van der Waals surface area contributed by atoms with Crippen LogP contribution < -0.4 is 10.1 Å². The summed E-state index contributed by atoms with van der Waals surface area (Å²) in [6.07, 6.45) is 0. The minimum atomic E-state index is 0.118. The highest BCUT2D eigenvalue weighted by Crippen LogP contribution is 2.18. The van der Waals surface area contributed by atoms with E-state index in [9.17, 15) is 0 Å². The van der Waals surface area contributed by atoms with Crippen LogP contribution in [0.25, 0.3) is 0 Å². The van der Waals surface area contributed by atoms with Crippen molar-refractivity contribution in [3.05, 3.63) is 11.8 Å². The summed E-state index contributed by atoms with van der Waals surface area (Å²) in [7, 11) is 1.91. The Morgan fingerprint density at radius 3 is 2.61 bits per heavy atom. The Hall–Kier alpha value is -1.03. The number of aromatic nitrogens is 2. The molecule has 0 saturated carbocycles. The van der Waals surface area contributed by atoms with E-state index in [1.165, 1.54) is 0 Å². The van der Waals surface area contributed by atoms with Crippen LogP contribution in [0.4, 0.5) is 0 Å². The molecule has 1 aromatic heterocycles. The second kappa shape index (κ2) is 6.23. The molecule has 0 radical (unpaired) electrons. The zero-order chi connectivity index (χ0) is 13.8. The van der Waals surface area contributed by atoms with Gasteiger partial charge in [0.05, 0.1) is 12.3 Å². The molecular formula is C14H27N3O. The topological polar surface area (TPSA) is 39.1 Å². The van der Waals surface area contributed by atoms with E-state index in [2.05, 4.69) is 38.1 Å². The molecule has 0 unspecified atom stereocenters. The van der Waals surface area contributed by atoms with E-state index in [1.54, 1.807) is 4.68 Å². The summed E-state index contributed by atoms with van der Waals surface area (Å²) >= 11 is 0. The van der Waals surface area contributed by atoms with Crippen molar-refractivity contribution < 1.29 is 4.74 Å². The van der Waals surface area contributed by atoms with Crippen LogP contribution in [-0.4, -0.2) is 29.5 Å². The van der Waals surface area contributed by atoms with Crippen LogP contribution in [-0.2, 0) is 7.05 Å². The number of aryl methyl sites for hydroxylation is 2. The van der Waals surface area contributed by atoms with Gasteiger partial charge in [-0.15, -0.1) is 0 Å². The predicted octanol–water partition coefficient (Wildman–Crippen LogP) is 2.38. The number of ether oxygens (including phenoxy) is 1. The van der Waals surface area contributed by atoms with Gasteiger partial charge in [0.25, 0.3) is 0 Å². The summed E-state index contributed by atoms with van der Waals surface area (Å²) in [5, 5.41) is 7.75. The maximum atomic E-state index is 5.84. The van der Waals surface area contributed by atoms with Crippen molar-refractivity contribution in [3.8, 4) is 5.88 Å². The van der Waals surface area contributed by atoms with E-state index in [0.717, 1.165) is 24.7 Å². The van der Waals surface area contributed by atoms with Gasteiger partial charge in [0.2, 0.25) is 5.88 Å². The molecule has 104 valence electrons. The van der Waals surface area contributed by atoms with E-state index < -0.39 is 0 Å². The largest absolute Gasteiger partial charge is 0.477 e. The van der Waals surface area contributed by atoms with Crippen LogP contribution in [0, 0.1) is 18.3 Å². The molecule has 0 aromatic carbocycles. The molecule has 0 fully saturated rings. The molecule has 0 aliphatic rings. The van der Waals surface area contributed by atoms with Crippen LogP contribution in [0.5, 0.6) is 5.88 Å². The van der Waals surface area contributed by atoms with Gasteiger partial charge < -0.3 is 10.1 Å². The third-order valence-corrected chi connectivity index (χ3v) is 2.73. The van der Waals surface area contributed by atoms with Gasteiger partial charge in [0.1, 0.15) is 0 Å². The first-order valence-corrected chi connectivity index (χ1v) is 6.64. The Morgan fingerprint density at radius 2 is 2.11 bits per heavy atom. The van der Waals surface area contributed by atoms with Gasteiger partial charge in [-0.25, -0.2) is 4.68 Å². The first kappa shape index (κ1) is 15.0. The van der Waals surface area contributed by atoms with E-state index >= 15 is 0 Å². The fraction of sp³-hybridized carbons (Fsp3) is 0.786. The van der Waals surface area contributed by atoms with Crippen molar-refractivity contribution in [3.63, 3.8) is 0 Å². The lowest BCUT2D eigenvalue weighted by molar-refractivity contribution is 0.164. The van der Waals surface area contributed by atoms with Crippen LogP contribution in [0.1, 0.15) is 33.4 Å². The minimum Gasteiger partial charge on any atom is -0.477 e. The molecule has 1 heterocycles. The Bertz CT molecular complexity index is 369. The fourth-order valence-corrected chi connectivity index (χ4v) is 1.74. The van der Waals surface area contributed by atoms with Gasteiger partial charge in [-0.05, 0) is 19.4 Å². The van der Waals surface area contributed by atoms with E-state index in [0.29, 0.717) is 12.5 Å². The summed E-state index contributed by atoms with van der Waals surface area (Å²) in [4.78, 5) is 0. The van der Waals surface area contributed by atoms with Crippen molar-refractivity contribution in [1.29, 1.82) is 0 Å². The molecular weight excluding hydrogens is 226 g/mol. The van der Waals surface area contributed by atoms with E-state index in [-0.39, 0.29) is 5.41 Å². The van der Waals surface area contributed by atoms with Crippen LogP contribution in [0.3, 0.4) is 0 Å². The van der Waals surface area contributed by atoms with Crippen molar-refractivity contribution in [1.82, 2.24) is 15.1 Å². The number of nitrogens with zero attached hydrogens (tertiary/aromatic N) is 2. The first-order chi connectivity index (χ1) is 8.30. The molecule has 4 nitrogen and oxygen atoms in total. The second-order valence-corrected chi connectivity index (χ2v) is 6.23. The summed E-state index contributed by atoms with van der Waals surface area (Å²) in [5.41, 5.74) is 1.11.